The van der Waals surface area contributed by atoms with E-state index < -0.39 is 36.4 Å². The predicted octanol–water partition coefficient (Wildman–Crippen LogP) is 2.53. The SMILES string of the molecule is COC(=O)[C@@H](Cc1ccccc1)NC(=O)[C@H](CC(=O)O)NCCC(C)c1ccc(O)c(C)c1. The quantitative estimate of drug-likeness (QED) is 0.362. The molecule has 0 aliphatic rings. The molecule has 0 fully saturated rings. The molecule has 0 radical (unpaired) electrons. The van der Waals surface area contributed by atoms with Crippen LogP contribution in [0.5, 0.6) is 5.75 Å². The molecule has 0 aromatic heterocycles. The van der Waals surface area contributed by atoms with Crippen LogP contribution in [0.1, 0.15) is 42.4 Å². The van der Waals surface area contributed by atoms with Crippen molar-refractivity contribution < 1.29 is 29.3 Å². The van der Waals surface area contributed by atoms with Crippen molar-refractivity contribution in [1.82, 2.24) is 10.6 Å². The lowest BCUT2D eigenvalue weighted by molar-refractivity contribution is -0.145. The highest BCUT2D eigenvalue weighted by Crippen LogP contribution is 2.24. The van der Waals surface area contributed by atoms with Crippen molar-refractivity contribution in [2.75, 3.05) is 13.7 Å². The van der Waals surface area contributed by atoms with Gasteiger partial charge in [-0.05, 0) is 48.6 Å². The van der Waals surface area contributed by atoms with Crippen molar-refractivity contribution in [3.63, 3.8) is 0 Å². The Morgan fingerprint density at radius 2 is 1.76 bits per heavy atom. The predicted molar refractivity (Wildman–Crippen MR) is 124 cm³/mol. The van der Waals surface area contributed by atoms with E-state index in [-0.39, 0.29) is 18.1 Å². The molecule has 0 heterocycles. The van der Waals surface area contributed by atoms with Crippen LogP contribution < -0.4 is 10.6 Å². The second-order valence-corrected chi connectivity index (χ2v) is 8.11. The number of aryl methyl sites for hydroxylation is 1. The Kier molecular flexibility index (Phi) is 9.87. The van der Waals surface area contributed by atoms with Crippen LogP contribution >= 0.6 is 0 Å². The largest absolute Gasteiger partial charge is 0.508 e. The number of hydrogen-bond acceptors (Lipinski definition) is 6. The number of amides is 1. The molecule has 0 saturated carbocycles. The number of carbonyl (C=O) groups excluding carboxylic acids is 2. The van der Waals surface area contributed by atoms with Crippen LogP contribution in [0, 0.1) is 6.92 Å². The summed E-state index contributed by atoms with van der Waals surface area (Å²) in [5.74, 6) is -1.93. The molecule has 8 heteroatoms. The fourth-order valence-electron chi connectivity index (χ4n) is 3.52. The van der Waals surface area contributed by atoms with Crippen molar-refractivity contribution in [2.45, 2.75) is 51.1 Å². The Bertz CT molecular complexity index is 947. The van der Waals surface area contributed by atoms with Crippen LogP contribution in [0.15, 0.2) is 48.5 Å². The number of aromatic hydroxyl groups is 1. The molecule has 0 saturated heterocycles. The number of phenols is 1. The third-order valence-electron chi connectivity index (χ3n) is 5.54. The standard InChI is InChI=1S/C25H32N2O6/c1-16(19-9-10-22(28)17(2)13-19)11-12-26-20(15-23(29)30)24(31)27-21(25(32)33-3)14-18-7-5-4-6-8-18/h4-10,13,16,20-21,26,28H,11-12,14-15H2,1-3H3,(H,27,31)(H,29,30)/t16?,20-,21+/m0/s1. The van der Waals surface area contributed by atoms with E-state index in [2.05, 4.69) is 10.6 Å². The van der Waals surface area contributed by atoms with Crippen LogP contribution in [0.4, 0.5) is 0 Å². The molecular weight excluding hydrogens is 424 g/mol. The van der Waals surface area contributed by atoms with E-state index in [9.17, 15) is 24.6 Å². The number of carboxylic acids is 1. The summed E-state index contributed by atoms with van der Waals surface area (Å²) in [6.45, 7) is 4.24. The van der Waals surface area contributed by atoms with Gasteiger partial charge in [0.25, 0.3) is 0 Å². The monoisotopic (exact) mass is 456 g/mol. The Morgan fingerprint density at radius 1 is 1.06 bits per heavy atom. The molecule has 0 aliphatic carbocycles. The van der Waals surface area contributed by atoms with Gasteiger partial charge in [0.05, 0.1) is 19.6 Å². The number of carbonyl (C=O) groups is 3. The van der Waals surface area contributed by atoms with Gasteiger partial charge in [0, 0.05) is 6.42 Å². The van der Waals surface area contributed by atoms with E-state index >= 15 is 0 Å². The maximum atomic E-state index is 12.9. The van der Waals surface area contributed by atoms with Gasteiger partial charge in [-0.15, -0.1) is 0 Å². The third-order valence-corrected chi connectivity index (χ3v) is 5.54. The first-order valence-electron chi connectivity index (χ1n) is 10.9. The summed E-state index contributed by atoms with van der Waals surface area (Å²) in [6.07, 6.45) is 0.464. The summed E-state index contributed by atoms with van der Waals surface area (Å²) in [6, 6.07) is 12.7. The number of methoxy groups -OCH3 is 1. The Morgan fingerprint density at radius 3 is 2.36 bits per heavy atom. The minimum absolute atomic E-state index is 0.131. The Balaban J connectivity index is 2.01. The van der Waals surface area contributed by atoms with Crippen LogP contribution in [0.2, 0.25) is 0 Å². The Hall–Kier alpha value is -3.39. The molecule has 2 rings (SSSR count). The van der Waals surface area contributed by atoms with Gasteiger partial charge < -0.3 is 25.6 Å². The molecule has 2 aromatic rings. The summed E-state index contributed by atoms with van der Waals surface area (Å²) in [7, 11) is 1.24. The van der Waals surface area contributed by atoms with Gasteiger partial charge >= 0.3 is 11.9 Å². The number of carboxylic acid groups (broad SMARTS) is 1. The van der Waals surface area contributed by atoms with Crippen molar-refractivity contribution in [3.8, 4) is 5.75 Å². The number of phenolic OH excluding ortho intramolecular Hbond substituents is 1. The van der Waals surface area contributed by atoms with E-state index in [4.69, 9.17) is 4.74 Å². The summed E-state index contributed by atoms with van der Waals surface area (Å²) in [5.41, 5.74) is 2.66. The van der Waals surface area contributed by atoms with Crippen molar-refractivity contribution in [2.24, 2.45) is 0 Å². The van der Waals surface area contributed by atoms with Gasteiger partial charge in [0.15, 0.2) is 0 Å². The van der Waals surface area contributed by atoms with Gasteiger partial charge in [0.2, 0.25) is 5.91 Å². The summed E-state index contributed by atoms with van der Waals surface area (Å²) in [4.78, 5) is 36.4. The number of hydrogen-bond donors (Lipinski definition) is 4. The number of aliphatic carboxylic acids is 1. The lowest BCUT2D eigenvalue weighted by Gasteiger charge is -2.22. The average molecular weight is 457 g/mol. The number of ether oxygens (including phenoxy) is 1. The van der Waals surface area contributed by atoms with E-state index in [1.54, 1.807) is 6.07 Å². The molecule has 0 spiro atoms. The normalized spacial score (nSPS) is 13.5. The zero-order chi connectivity index (χ0) is 24.4. The molecular formula is C25H32N2O6. The zero-order valence-corrected chi connectivity index (χ0v) is 19.2. The first-order chi connectivity index (χ1) is 15.7. The molecule has 1 amide bonds. The zero-order valence-electron chi connectivity index (χ0n) is 19.2. The number of esters is 1. The second kappa shape index (κ2) is 12.6. The Labute approximate surface area is 194 Å². The van der Waals surface area contributed by atoms with Crippen LogP contribution in [-0.4, -0.2) is 53.8 Å². The van der Waals surface area contributed by atoms with Crippen LogP contribution in [-0.2, 0) is 25.5 Å². The number of benzene rings is 2. The minimum Gasteiger partial charge on any atom is -0.508 e. The van der Waals surface area contributed by atoms with E-state index in [1.807, 2.05) is 56.3 Å². The van der Waals surface area contributed by atoms with E-state index in [0.717, 1.165) is 16.7 Å². The van der Waals surface area contributed by atoms with Gasteiger partial charge in [-0.3, -0.25) is 9.59 Å². The second-order valence-electron chi connectivity index (χ2n) is 8.11. The highest BCUT2D eigenvalue weighted by atomic mass is 16.5. The molecule has 3 atom stereocenters. The van der Waals surface area contributed by atoms with Crippen molar-refractivity contribution in [3.05, 3.63) is 65.2 Å². The van der Waals surface area contributed by atoms with Gasteiger partial charge in [0.1, 0.15) is 11.8 Å². The highest BCUT2D eigenvalue weighted by Gasteiger charge is 2.27. The fraction of sp³-hybridized carbons (Fsp3) is 0.400. The van der Waals surface area contributed by atoms with E-state index in [1.165, 1.54) is 7.11 Å². The third kappa shape index (κ3) is 8.23. The first-order valence-corrected chi connectivity index (χ1v) is 10.9. The molecule has 4 N–H and O–H groups in total. The van der Waals surface area contributed by atoms with Gasteiger partial charge in [-0.1, -0.05) is 49.4 Å². The lowest BCUT2D eigenvalue weighted by Crippen LogP contribution is -2.52. The summed E-state index contributed by atoms with van der Waals surface area (Å²) in [5, 5.41) is 24.6. The van der Waals surface area contributed by atoms with Gasteiger partial charge in [-0.2, -0.15) is 0 Å². The van der Waals surface area contributed by atoms with Crippen molar-refractivity contribution in [1.29, 1.82) is 0 Å². The number of nitrogens with one attached hydrogen (secondary N) is 2. The molecule has 33 heavy (non-hydrogen) atoms. The van der Waals surface area contributed by atoms with Crippen molar-refractivity contribution >= 4 is 17.8 Å². The van der Waals surface area contributed by atoms with E-state index in [0.29, 0.717) is 13.0 Å². The maximum absolute atomic E-state index is 12.9. The molecule has 8 nitrogen and oxygen atoms in total. The smallest absolute Gasteiger partial charge is 0.328 e. The maximum Gasteiger partial charge on any atom is 0.328 e. The molecule has 2 aromatic carbocycles. The summed E-state index contributed by atoms with van der Waals surface area (Å²) >= 11 is 0. The van der Waals surface area contributed by atoms with Crippen LogP contribution in [0.3, 0.4) is 0 Å². The highest BCUT2D eigenvalue weighted by molar-refractivity contribution is 5.90. The summed E-state index contributed by atoms with van der Waals surface area (Å²) < 4.78 is 4.82. The average Bonchev–Trinajstić information content (AvgIpc) is 2.79. The first kappa shape index (κ1) is 25.9. The van der Waals surface area contributed by atoms with Gasteiger partial charge in [-0.25, -0.2) is 4.79 Å². The molecule has 1 unspecified atom stereocenters. The fourth-order valence-corrected chi connectivity index (χ4v) is 3.52. The topological polar surface area (TPSA) is 125 Å². The van der Waals surface area contributed by atoms with Crippen LogP contribution in [0.25, 0.3) is 0 Å². The minimum atomic E-state index is -1.12. The molecule has 0 aliphatic heterocycles. The molecule has 0 bridgehead atoms. The molecule has 178 valence electrons. The number of rotatable bonds is 12. The lowest BCUT2D eigenvalue weighted by atomic mass is 9.96.